The maximum atomic E-state index is 14.0. The lowest BCUT2D eigenvalue weighted by Crippen LogP contribution is -2.51. The maximum Gasteiger partial charge on any atom is 0.433 e. The van der Waals surface area contributed by atoms with Crippen LogP contribution in [-0.2, 0) is 21.6 Å². The predicted molar refractivity (Wildman–Crippen MR) is 164 cm³/mol. The Labute approximate surface area is 258 Å². The summed E-state index contributed by atoms with van der Waals surface area (Å²) in [5.74, 6) is -0.787. The van der Waals surface area contributed by atoms with Crippen molar-refractivity contribution in [2.45, 2.75) is 96.1 Å². The standard InChI is InChI=1S/C29H36F3N5O5SSi/c1-26(2,3)20-15-34-24(35-22(20)29(30,31)32)36(25(38)39)18-12-17(13-19(14-18)37(40)41)21-16-33-23(43-21)28(10-9-11-28)42-44(7,8)27(4,5)6/h12-16H,9-11H2,1-8H3,(H,38,39). The van der Waals surface area contributed by atoms with Gasteiger partial charge >= 0.3 is 12.3 Å². The van der Waals surface area contributed by atoms with E-state index in [0.717, 1.165) is 36.5 Å². The average molecular weight is 652 g/mol. The van der Waals surface area contributed by atoms with Crippen LogP contribution in [0.5, 0.6) is 0 Å². The van der Waals surface area contributed by atoms with Gasteiger partial charge in [0.15, 0.2) is 14.0 Å². The van der Waals surface area contributed by atoms with Gasteiger partial charge in [0, 0.05) is 35.7 Å². The number of carboxylic acid groups (broad SMARTS) is 1. The van der Waals surface area contributed by atoms with E-state index >= 15 is 0 Å². The van der Waals surface area contributed by atoms with Crippen LogP contribution in [-0.4, -0.2) is 39.4 Å². The zero-order valence-corrected chi connectivity index (χ0v) is 27.7. The van der Waals surface area contributed by atoms with Crippen molar-refractivity contribution >= 4 is 43.1 Å². The van der Waals surface area contributed by atoms with Crippen molar-refractivity contribution in [1.82, 2.24) is 15.0 Å². The summed E-state index contributed by atoms with van der Waals surface area (Å²) in [6, 6.07) is 3.57. The minimum Gasteiger partial charge on any atom is -0.464 e. The number of thiazole rings is 1. The van der Waals surface area contributed by atoms with E-state index in [0.29, 0.717) is 9.78 Å². The number of halogens is 3. The number of alkyl halides is 3. The second-order valence-corrected chi connectivity index (χ2v) is 19.3. The number of amides is 1. The van der Waals surface area contributed by atoms with Gasteiger partial charge < -0.3 is 9.53 Å². The van der Waals surface area contributed by atoms with Crippen LogP contribution in [0.4, 0.5) is 35.3 Å². The molecule has 0 aliphatic heterocycles. The van der Waals surface area contributed by atoms with Crippen molar-refractivity contribution < 1.29 is 32.4 Å². The highest BCUT2D eigenvalue weighted by atomic mass is 32.1. The van der Waals surface area contributed by atoms with Gasteiger partial charge in [0.2, 0.25) is 5.95 Å². The number of anilines is 2. The molecule has 4 rings (SSSR count). The molecule has 1 aliphatic rings. The normalized spacial score (nSPS) is 15.5. The quantitative estimate of drug-likeness (QED) is 0.152. The fourth-order valence-electron chi connectivity index (χ4n) is 4.65. The topological polar surface area (TPSA) is 132 Å². The Hall–Kier alpha value is -3.43. The molecule has 10 nitrogen and oxygen atoms in total. The van der Waals surface area contributed by atoms with E-state index in [2.05, 4.69) is 48.8 Å². The third-order valence-electron chi connectivity index (χ3n) is 8.21. The van der Waals surface area contributed by atoms with Gasteiger partial charge in [-0.15, -0.1) is 11.3 Å². The van der Waals surface area contributed by atoms with Crippen LogP contribution in [0.1, 0.15) is 77.1 Å². The molecule has 2 aromatic heterocycles. The third-order valence-corrected chi connectivity index (χ3v) is 14.0. The number of non-ortho nitro benzene ring substituents is 1. The molecule has 1 saturated carbocycles. The maximum absolute atomic E-state index is 14.0. The second kappa shape index (κ2) is 11.2. The number of carbonyl (C=O) groups is 1. The molecule has 2 heterocycles. The van der Waals surface area contributed by atoms with Gasteiger partial charge in [-0.05, 0) is 48.9 Å². The molecule has 0 radical (unpaired) electrons. The summed E-state index contributed by atoms with van der Waals surface area (Å²) in [6.45, 7) is 15.4. The van der Waals surface area contributed by atoms with Gasteiger partial charge in [0.1, 0.15) is 10.6 Å². The first kappa shape index (κ1) is 33.5. The number of nitro benzene ring substituents is 1. The van der Waals surface area contributed by atoms with Gasteiger partial charge in [-0.2, -0.15) is 13.2 Å². The first-order valence-corrected chi connectivity index (χ1v) is 17.7. The summed E-state index contributed by atoms with van der Waals surface area (Å²) in [5, 5.41) is 22.7. The monoisotopic (exact) mass is 651 g/mol. The largest absolute Gasteiger partial charge is 0.464 e. The number of hydrogen-bond donors (Lipinski definition) is 1. The molecule has 3 aromatic rings. The van der Waals surface area contributed by atoms with Gasteiger partial charge in [-0.3, -0.25) is 10.1 Å². The Bertz CT molecular complexity index is 1590. The zero-order valence-electron chi connectivity index (χ0n) is 25.9. The van der Waals surface area contributed by atoms with E-state index < -0.39 is 53.9 Å². The van der Waals surface area contributed by atoms with Crippen LogP contribution < -0.4 is 4.90 Å². The highest BCUT2D eigenvalue weighted by Gasteiger charge is 2.50. The molecular formula is C29H36F3N5O5SSi. The Morgan fingerprint density at radius 2 is 1.73 bits per heavy atom. The van der Waals surface area contributed by atoms with Gasteiger partial charge in [0.25, 0.3) is 5.69 Å². The molecule has 238 valence electrons. The molecule has 0 spiro atoms. The highest BCUT2D eigenvalue weighted by Crippen LogP contribution is 2.52. The predicted octanol–water partition coefficient (Wildman–Crippen LogP) is 9.04. The number of rotatable bonds is 7. The van der Waals surface area contributed by atoms with E-state index in [1.54, 1.807) is 27.0 Å². The van der Waals surface area contributed by atoms with Crippen LogP contribution in [0.2, 0.25) is 18.1 Å². The van der Waals surface area contributed by atoms with Crippen LogP contribution in [0.15, 0.2) is 30.6 Å². The molecular weight excluding hydrogens is 615 g/mol. The molecule has 15 heteroatoms. The summed E-state index contributed by atoms with van der Waals surface area (Å²) in [6.07, 6.45) is -1.59. The summed E-state index contributed by atoms with van der Waals surface area (Å²) < 4.78 is 48.9. The van der Waals surface area contributed by atoms with E-state index in [-0.39, 0.29) is 21.9 Å². The van der Waals surface area contributed by atoms with Crippen molar-refractivity contribution in [3.05, 3.63) is 57.0 Å². The van der Waals surface area contributed by atoms with Crippen LogP contribution in [0.25, 0.3) is 10.4 Å². The van der Waals surface area contributed by atoms with Gasteiger partial charge in [-0.1, -0.05) is 41.5 Å². The van der Waals surface area contributed by atoms with E-state index in [1.165, 1.54) is 23.5 Å². The molecule has 1 aromatic carbocycles. The van der Waals surface area contributed by atoms with E-state index in [4.69, 9.17) is 4.43 Å². The molecule has 0 unspecified atom stereocenters. The Balaban J connectivity index is 1.82. The lowest BCUT2D eigenvalue weighted by atomic mass is 9.81. The number of nitrogens with zero attached hydrogens (tertiary/aromatic N) is 5. The zero-order chi connectivity index (χ0) is 33.0. The molecule has 1 fully saturated rings. The summed E-state index contributed by atoms with van der Waals surface area (Å²) in [5.41, 5.74) is -3.55. The summed E-state index contributed by atoms with van der Waals surface area (Å²) >= 11 is 1.29. The Morgan fingerprint density at radius 3 is 2.20 bits per heavy atom. The molecule has 0 bridgehead atoms. The first-order valence-electron chi connectivity index (χ1n) is 14.0. The average Bonchev–Trinajstić information content (AvgIpc) is 3.35. The molecule has 0 atom stereocenters. The van der Waals surface area contributed by atoms with Crippen molar-refractivity contribution in [2.75, 3.05) is 4.90 Å². The van der Waals surface area contributed by atoms with Crippen molar-refractivity contribution in [3.63, 3.8) is 0 Å². The Morgan fingerprint density at radius 1 is 1.09 bits per heavy atom. The van der Waals surface area contributed by atoms with Crippen molar-refractivity contribution in [2.24, 2.45) is 0 Å². The Kier molecular flexibility index (Phi) is 8.50. The lowest BCUT2D eigenvalue weighted by Gasteiger charge is -2.49. The lowest BCUT2D eigenvalue weighted by molar-refractivity contribution is -0.384. The molecule has 44 heavy (non-hydrogen) atoms. The SMILES string of the molecule is CC(C)(C)c1cnc(N(C(=O)O)c2cc(-c3cnc(C4(O[Si](C)(C)C(C)(C)C)CCC4)s3)cc([N+](=O)[O-])c2)nc1C(F)(F)F. The summed E-state index contributed by atoms with van der Waals surface area (Å²) in [4.78, 5) is 36.8. The number of hydrogen-bond acceptors (Lipinski definition) is 8. The fraction of sp³-hybridized carbons (Fsp3) is 0.517. The molecule has 0 saturated heterocycles. The number of nitro groups is 1. The minimum atomic E-state index is -4.90. The molecule has 1 N–H and O–H groups in total. The highest BCUT2D eigenvalue weighted by molar-refractivity contribution is 7.15. The first-order chi connectivity index (χ1) is 20.1. The van der Waals surface area contributed by atoms with Crippen molar-refractivity contribution in [1.29, 1.82) is 0 Å². The summed E-state index contributed by atoms with van der Waals surface area (Å²) in [7, 11) is -2.18. The minimum absolute atomic E-state index is 0.0377. The van der Waals surface area contributed by atoms with Crippen LogP contribution >= 0.6 is 11.3 Å². The third kappa shape index (κ3) is 6.49. The fourth-order valence-corrected chi connectivity index (χ4v) is 7.39. The second-order valence-electron chi connectivity index (χ2n) is 13.5. The van der Waals surface area contributed by atoms with E-state index in [1.807, 2.05) is 0 Å². The van der Waals surface area contributed by atoms with Crippen LogP contribution in [0.3, 0.4) is 0 Å². The van der Waals surface area contributed by atoms with E-state index in [9.17, 15) is 33.2 Å². The van der Waals surface area contributed by atoms with Crippen LogP contribution in [0, 0.1) is 10.1 Å². The number of aromatic nitrogens is 3. The van der Waals surface area contributed by atoms with Gasteiger partial charge in [0.05, 0.1) is 15.5 Å². The molecule has 1 amide bonds. The van der Waals surface area contributed by atoms with Crippen molar-refractivity contribution in [3.8, 4) is 10.4 Å². The number of benzene rings is 1. The van der Waals surface area contributed by atoms with Gasteiger partial charge in [-0.25, -0.2) is 24.6 Å². The molecule has 1 aliphatic carbocycles. The smallest absolute Gasteiger partial charge is 0.433 e.